The first kappa shape index (κ1) is 15.4. The van der Waals surface area contributed by atoms with Crippen molar-refractivity contribution in [2.75, 3.05) is 0 Å². The zero-order chi connectivity index (χ0) is 17.8. The molecular formula is C17H10F3N3O2. The minimum absolute atomic E-state index is 0.113. The van der Waals surface area contributed by atoms with Crippen LogP contribution in [0.5, 0.6) is 0 Å². The number of imidazole rings is 1. The van der Waals surface area contributed by atoms with E-state index in [0.29, 0.717) is 16.7 Å². The van der Waals surface area contributed by atoms with E-state index in [4.69, 9.17) is 0 Å². The zero-order valence-electron chi connectivity index (χ0n) is 12.6. The van der Waals surface area contributed by atoms with Crippen LogP contribution < -0.4 is 0 Å². The van der Waals surface area contributed by atoms with Crippen molar-refractivity contribution in [3.8, 4) is 0 Å². The summed E-state index contributed by atoms with van der Waals surface area (Å²) in [6, 6.07) is 9.45. The third kappa shape index (κ3) is 2.37. The van der Waals surface area contributed by atoms with Gasteiger partial charge < -0.3 is 0 Å². The lowest BCUT2D eigenvalue weighted by Crippen LogP contribution is -2.29. The Morgan fingerprint density at radius 3 is 2.20 bits per heavy atom. The molecule has 5 nitrogen and oxygen atoms in total. The fraction of sp³-hybridized carbons (Fsp3) is 0.118. The van der Waals surface area contributed by atoms with E-state index >= 15 is 0 Å². The van der Waals surface area contributed by atoms with E-state index in [1.807, 2.05) is 0 Å². The van der Waals surface area contributed by atoms with Gasteiger partial charge in [0, 0.05) is 6.20 Å². The molecule has 1 aromatic carbocycles. The smallest absolute Gasteiger partial charge is 0.296 e. The van der Waals surface area contributed by atoms with Crippen molar-refractivity contribution in [1.29, 1.82) is 0 Å². The maximum atomic E-state index is 13.0. The zero-order valence-corrected chi connectivity index (χ0v) is 12.6. The molecule has 0 fully saturated rings. The third-order valence-electron chi connectivity index (χ3n) is 4.06. The summed E-state index contributed by atoms with van der Waals surface area (Å²) in [7, 11) is 0. The number of pyridine rings is 1. The number of halogens is 3. The van der Waals surface area contributed by atoms with Gasteiger partial charge in [-0.1, -0.05) is 18.2 Å². The highest BCUT2D eigenvalue weighted by Crippen LogP contribution is 2.29. The number of nitrogens with zero attached hydrogens (tertiary/aromatic N) is 3. The van der Waals surface area contributed by atoms with Crippen LogP contribution in [0, 0.1) is 0 Å². The van der Waals surface area contributed by atoms with Crippen molar-refractivity contribution in [2.24, 2.45) is 0 Å². The van der Waals surface area contributed by atoms with Crippen molar-refractivity contribution in [2.45, 2.75) is 12.7 Å². The van der Waals surface area contributed by atoms with E-state index in [1.165, 1.54) is 12.3 Å². The number of hydrogen-bond acceptors (Lipinski definition) is 3. The van der Waals surface area contributed by atoms with Crippen molar-refractivity contribution >= 4 is 17.3 Å². The van der Waals surface area contributed by atoms with Crippen LogP contribution in [0.3, 0.4) is 0 Å². The molecular weight excluding hydrogens is 335 g/mol. The van der Waals surface area contributed by atoms with Crippen LogP contribution in [-0.4, -0.2) is 26.1 Å². The van der Waals surface area contributed by atoms with E-state index in [1.54, 1.807) is 30.3 Å². The Labute approximate surface area is 139 Å². The maximum Gasteiger partial charge on any atom is 0.450 e. The Morgan fingerprint density at radius 1 is 0.960 bits per heavy atom. The van der Waals surface area contributed by atoms with E-state index < -0.39 is 23.8 Å². The number of carbonyl (C=O) groups excluding carboxylic acids is 2. The molecule has 0 saturated heterocycles. The molecule has 0 saturated carbocycles. The van der Waals surface area contributed by atoms with Crippen molar-refractivity contribution in [1.82, 2.24) is 14.3 Å². The van der Waals surface area contributed by atoms with Crippen LogP contribution in [0.2, 0.25) is 0 Å². The van der Waals surface area contributed by atoms with Crippen LogP contribution in [0.25, 0.3) is 5.52 Å². The number of amides is 2. The van der Waals surface area contributed by atoms with Crippen LogP contribution in [-0.2, 0) is 12.7 Å². The van der Waals surface area contributed by atoms with Crippen LogP contribution >= 0.6 is 0 Å². The van der Waals surface area contributed by atoms with Gasteiger partial charge in [-0.3, -0.25) is 18.9 Å². The molecule has 1 aliphatic rings. The quantitative estimate of drug-likeness (QED) is 0.671. The molecule has 4 rings (SSSR count). The summed E-state index contributed by atoms with van der Waals surface area (Å²) < 4.78 is 39.9. The normalized spacial score (nSPS) is 14.4. The third-order valence-corrected chi connectivity index (χ3v) is 4.06. The molecule has 2 aromatic heterocycles. The van der Waals surface area contributed by atoms with Crippen LogP contribution in [0.15, 0.2) is 48.8 Å². The van der Waals surface area contributed by atoms with Gasteiger partial charge in [0.1, 0.15) is 0 Å². The summed E-state index contributed by atoms with van der Waals surface area (Å²) in [5.74, 6) is -1.96. The Kier molecular flexibility index (Phi) is 3.18. The summed E-state index contributed by atoms with van der Waals surface area (Å²) in [4.78, 5) is 29.1. The monoisotopic (exact) mass is 345 g/mol. The van der Waals surface area contributed by atoms with E-state index in [2.05, 4.69) is 4.98 Å². The molecule has 2 amide bonds. The molecule has 0 aliphatic carbocycles. The van der Waals surface area contributed by atoms with E-state index in [9.17, 15) is 22.8 Å². The highest BCUT2D eigenvalue weighted by Gasteiger charge is 2.37. The number of hydrogen-bond donors (Lipinski definition) is 0. The molecule has 126 valence electrons. The molecule has 3 heterocycles. The minimum atomic E-state index is -4.60. The summed E-state index contributed by atoms with van der Waals surface area (Å²) in [5, 5.41) is 0. The first-order valence-corrected chi connectivity index (χ1v) is 7.34. The predicted octanol–water partition coefficient (Wildman–Crippen LogP) is 3.15. The largest absolute Gasteiger partial charge is 0.450 e. The summed E-state index contributed by atoms with van der Waals surface area (Å²) in [6.07, 6.45) is -2.23. The Morgan fingerprint density at radius 2 is 1.60 bits per heavy atom. The van der Waals surface area contributed by atoms with Crippen molar-refractivity contribution in [3.05, 3.63) is 71.3 Å². The number of rotatable bonds is 2. The first-order chi connectivity index (χ1) is 11.9. The minimum Gasteiger partial charge on any atom is -0.296 e. The lowest BCUT2D eigenvalue weighted by Gasteiger charge is -2.14. The number of fused-ring (bicyclic) bond motifs is 2. The Balaban J connectivity index is 1.70. The number of carbonyl (C=O) groups is 2. The lowest BCUT2D eigenvalue weighted by atomic mass is 10.1. The molecule has 0 unspecified atom stereocenters. The fourth-order valence-electron chi connectivity index (χ4n) is 2.90. The molecule has 3 aromatic rings. The van der Waals surface area contributed by atoms with Gasteiger partial charge in [0.25, 0.3) is 11.8 Å². The number of benzene rings is 1. The second-order valence-corrected chi connectivity index (χ2v) is 5.65. The average Bonchev–Trinajstić information content (AvgIpc) is 3.10. The SMILES string of the molecule is O=C1c2ccccc2C(=O)N1Cc1ccc2cnc(C(F)(F)F)n2c1. The molecule has 0 spiro atoms. The standard InChI is InChI=1S/C17H10F3N3O2/c18-17(19,20)16-21-7-11-6-5-10(8-22(11)16)9-23-14(24)12-3-1-2-4-13(12)15(23)25/h1-8H,9H2. The van der Waals surface area contributed by atoms with Gasteiger partial charge in [0.15, 0.2) is 0 Å². The molecule has 0 atom stereocenters. The highest BCUT2D eigenvalue weighted by molar-refractivity contribution is 6.21. The topological polar surface area (TPSA) is 54.7 Å². The molecule has 0 radical (unpaired) electrons. The van der Waals surface area contributed by atoms with Gasteiger partial charge in [0.05, 0.1) is 29.4 Å². The number of imide groups is 1. The average molecular weight is 345 g/mol. The van der Waals surface area contributed by atoms with E-state index in [0.717, 1.165) is 15.5 Å². The summed E-state index contributed by atoms with van der Waals surface area (Å²) in [6.45, 7) is -0.113. The van der Waals surface area contributed by atoms with E-state index in [-0.39, 0.29) is 12.1 Å². The van der Waals surface area contributed by atoms with Gasteiger partial charge in [-0.25, -0.2) is 4.98 Å². The molecule has 25 heavy (non-hydrogen) atoms. The number of aromatic nitrogens is 2. The summed E-state index contributed by atoms with van der Waals surface area (Å²) in [5.41, 5.74) is 1.27. The molecule has 8 heteroatoms. The second-order valence-electron chi connectivity index (χ2n) is 5.65. The van der Waals surface area contributed by atoms with Crippen molar-refractivity contribution < 1.29 is 22.8 Å². The van der Waals surface area contributed by atoms with Gasteiger partial charge >= 0.3 is 6.18 Å². The van der Waals surface area contributed by atoms with Crippen LogP contribution in [0.4, 0.5) is 13.2 Å². The van der Waals surface area contributed by atoms with Gasteiger partial charge in [-0.15, -0.1) is 0 Å². The number of alkyl halides is 3. The molecule has 0 N–H and O–H groups in total. The van der Waals surface area contributed by atoms with Gasteiger partial charge in [-0.05, 0) is 23.8 Å². The highest BCUT2D eigenvalue weighted by atomic mass is 19.4. The summed E-state index contributed by atoms with van der Waals surface area (Å²) >= 11 is 0. The first-order valence-electron chi connectivity index (χ1n) is 7.34. The van der Waals surface area contributed by atoms with Gasteiger partial charge in [0.2, 0.25) is 5.82 Å². The Bertz CT molecular complexity index is 988. The van der Waals surface area contributed by atoms with Crippen LogP contribution in [0.1, 0.15) is 32.1 Å². The van der Waals surface area contributed by atoms with Gasteiger partial charge in [-0.2, -0.15) is 13.2 Å². The second kappa shape index (κ2) is 5.17. The Hall–Kier alpha value is -3.16. The van der Waals surface area contributed by atoms with Crippen molar-refractivity contribution in [3.63, 3.8) is 0 Å². The lowest BCUT2D eigenvalue weighted by molar-refractivity contribution is -0.145. The molecule has 0 bridgehead atoms. The maximum absolute atomic E-state index is 13.0. The fourth-order valence-corrected chi connectivity index (χ4v) is 2.90. The molecule has 1 aliphatic heterocycles. The predicted molar refractivity (Wildman–Crippen MR) is 80.8 cm³/mol.